The maximum atomic E-state index is 12.2. The lowest BCUT2D eigenvalue weighted by Gasteiger charge is -2.08. The predicted molar refractivity (Wildman–Crippen MR) is 72.8 cm³/mol. The molecule has 21 heavy (non-hydrogen) atoms. The number of hydrogen-bond acceptors (Lipinski definition) is 3. The number of aromatic nitrogens is 4. The minimum absolute atomic E-state index is 0.315. The van der Waals surface area contributed by atoms with E-state index in [0.29, 0.717) is 24.0 Å². The molecule has 1 N–H and O–H groups in total. The van der Waals surface area contributed by atoms with Crippen LogP contribution in [0.15, 0.2) is 24.7 Å². The normalized spacial score (nSPS) is 13.4. The largest absolute Gasteiger partial charge is 0.408 e. The van der Waals surface area contributed by atoms with Gasteiger partial charge in [-0.3, -0.25) is 9.36 Å². The third-order valence-electron chi connectivity index (χ3n) is 3.15. The molecule has 1 atom stereocenters. The van der Waals surface area contributed by atoms with Gasteiger partial charge in [-0.1, -0.05) is 6.92 Å². The van der Waals surface area contributed by atoms with Crippen LogP contribution in [0.5, 0.6) is 0 Å². The summed E-state index contributed by atoms with van der Waals surface area (Å²) in [5, 5.41) is 11.1. The molecule has 8 heteroatoms. The molecule has 2 heterocycles. The molecule has 0 radical (unpaired) electrons. The van der Waals surface area contributed by atoms with Gasteiger partial charge in [-0.15, -0.1) is 0 Å². The predicted octanol–water partition coefficient (Wildman–Crippen LogP) is 3.23. The van der Waals surface area contributed by atoms with Gasteiger partial charge in [0.25, 0.3) is 0 Å². The Hall–Kier alpha value is -1.99. The van der Waals surface area contributed by atoms with Crippen LogP contribution in [0, 0.1) is 0 Å². The number of hydrogen-bond donors (Lipinski definition) is 1. The van der Waals surface area contributed by atoms with E-state index in [4.69, 9.17) is 0 Å². The van der Waals surface area contributed by atoms with E-state index in [1.807, 2.05) is 16.9 Å². The van der Waals surface area contributed by atoms with Crippen molar-refractivity contribution in [3.8, 4) is 0 Å². The SMILES string of the molecule is CC[C@H](C)n1ccc(NCc2cnn(CC(F)(F)F)c2)n1. The van der Waals surface area contributed by atoms with Crippen LogP contribution in [0.4, 0.5) is 19.0 Å². The van der Waals surface area contributed by atoms with Gasteiger partial charge in [0.1, 0.15) is 12.4 Å². The Morgan fingerprint density at radius 1 is 1.38 bits per heavy atom. The van der Waals surface area contributed by atoms with Gasteiger partial charge in [-0.25, -0.2) is 0 Å². The van der Waals surface area contributed by atoms with Crippen molar-refractivity contribution in [1.29, 1.82) is 0 Å². The molecule has 0 saturated heterocycles. The van der Waals surface area contributed by atoms with Crippen LogP contribution >= 0.6 is 0 Å². The van der Waals surface area contributed by atoms with Crippen LogP contribution < -0.4 is 5.32 Å². The second-order valence-corrected chi connectivity index (χ2v) is 4.95. The zero-order valence-electron chi connectivity index (χ0n) is 11.9. The highest BCUT2D eigenvalue weighted by Gasteiger charge is 2.28. The Bertz CT molecular complexity index is 572. The highest BCUT2D eigenvalue weighted by Crippen LogP contribution is 2.17. The molecular formula is C13H18F3N5. The van der Waals surface area contributed by atoms with Gasteiger partial charge in [-0.2, -0.15) is 23.4 Å². The lowest BCUT2D eigenvalue weighted by atomic mass is 10.3. The van der Waals surface area contributed by atoms with Crippen LogP contribution in [-0.4, -0.2) is 25.7 Å². The highest BCUT2D eigenvalue weighted by atomic mass is 19.4. The first kappa shape index (κ1) is 15.4. The molecule has 0 aromatic carbocycles. The Kier molecular flexibility index (Phi) is 4.54. The molecule has 0 spiro atoms. The van der Waals surface area contributed by atoms with E-state index in [-0.39, 0.29) is 0 Å². The van der Waals surface area contributed by atoms with Crippen molar-refractivity contribution in [2.75, 3.05) is 5.32 Å². The van der Waals surface area contributed by atoms with Crippen LogP contribution in [-0.2, 0) is 13.1 Å². The lowest BCUT2D eigenvalue weighted by molar-refractivity contribution is -0.142. The lowest BCUT2D eigenvalue weighted by Crippen LogP contribution is -2.17. The van der Waals surface area contributed by atoms with E-state index in [1.165, 1.54) is 12.4 Å². The van der Waals surface area contributed by atoms with Crippen LogP contribution in [0.2, 0.25) is 0 Å². The molecule has 2 aromatic heterocycles. The molecule has 0 aliphatic rings. The fourth-order valence-electron chi connectivity index (χ4n) is 1.83. The fourth-order valence-corrected chi connectivity index (χ4v) is 1.83. The molecule has 2 rings (SSSR count). The first-order valence-electron chi connectivity index (χ1n) is 6.74. The van der Waals surface area contributed by atoms with Crippen molar-refractivity contribution < 1.29 is 13.2 Å². The summed E-state index contributed by atoms with van der Waals surface area (Å²) in [7, 11) is 0. The van der Waals surface area contributed by atoms with Gasteiger partial charge in [0.2, 0.25) is 0 Å². The van der Waals surface area contributed by atoms with Gasteiger partial charge >= 0.3 is 6.18 Å². The molecule has 0 saturated carbocycles. The topological polar surface area (TPSA) is 47.7 Å². The van der Waals surface area contributed by atoms with Gasteiger partial charge in [0.15, 0.2) is 0 Å². The smallest absolute Gasteiger partial charge is 0.364 e. The summed E-state index contributed by atoms with van der Waals surface area (Å²) in [5.74, 6) is 0.693. The van der Waals surface area contributed by atoms with Crippen molar-refractivity contribution in [3.63, 3.8) is 0 Å². The summed E-state index contributed by atoms with van der Waals surface area (Å²) < 4.78 is 39.4. The van der Waals surface area contributed by atoms with E-state index in [2.05, 4.69) is 29.4 Å². The number of halogens is 3. The van der Waals surface area contributed by atoms with Crippen LogP contribution in [0.25, 0.3) is 0 Å². The number of anilines is 1. The quantitative estimate of drug-likeness (QED) is 0.891. The third kappa shape index (κ3) is 4.51. The molecule has 2 aromatic rings. The summed E-state index contributed by atoms with van der Waals surface area (Å²) in [6.45, 7) is 3.46. The molecule has 5 nitrogen and oxygen atoms in total. The van der Waals surface area contributed by atoms with Crippen molar-refractivity contribution in [1.82, 2.24) is 19.6 Å². The first-order valence-corrected chi connectivity index (χ1v) is 6.74. The van der Waals surface area contributed by atoms with Crippen LogP contribution in [0.3, 0.4) is 0 Å². The summed E-state index contributed by atoms with van der Waals surface area (Å²) in [6.07, 6.45) is 1.40. The minimum Gasteiger partial charge on any atom is -0.364 e. The molecular weight excluding hydrogens is 283 g/mol. The fraction of sp³-hybridized carbons (Fsp3) is 0.538. The van der Waals surface area contributed by atoms with E-state index >= 15 is 0 Å². The maximum absolute atomic E-state index is 12.2. The number of nitrogens with one attached hydrogen (secondary N) is 1. The molecule has 0 bridgehead atoms. The van der Waals surface area contributed by atoms with E-state index in [0.717, 1.165) is 11.1 Å². The maximum Gasteiger partial charge on any atom is 0.408 e. The highest BCUT2D eigenvalue weighted by molar-refractivity contribution is 5.33. The molecule has 0 unspecified atom stereocenters. The second-order valence-electron chi connectivity index (χ2n) is 4.95. The first-order chi connectivity index (χ1) is 9.87. The van der Waals surface area contributed by atoms with Gasteiger partial charge in [0, 0.05) is 36.6 Å². The summed E-state index contributed by atoms with van der Waals surface area (Å²) in [4.78, 5) is 0. The van der Waals surface area contributed by atoms with Gasteiger partial charge < -0.3 is 5.32 Å². The standard InChI is InChI=1S/C13H18F3N5/c1-3-10(2)21-5-4-12(19-21)17-6-11-7-18-20(8-11)9-13(14,15)16/h4-5,7-8,10H,3,6,9H2,1-2H3,(H,17,19)/t10-/m0/s1. The zero-order chi connectivity index (χ0) is 15.5. The Morgan fingerprint density at radius 3 is 2.81 bits per heavy atom. The minimum atomic E-state index is -4.26. The third-order valence-corrected chi connectivity index (χ3v) is 3.15. The Balaban J connectivity index is 1.90. The van der Waals surface area contributed by atoms with Gasteiger partial charge in [0.05, 0.1) is 6.20 Å². The van der Waals surface area contributed by atoms with E-state index in [1.54, 1.807) is 0 Å². The van der Waals surface area contributed by atoms with Gasteiger partial charge in [-0.05, 0) is 13.3 Å². The van der Waals surface area contributed by atoms with Crippen molar-refractivity contribution in [3.05, 3.63) is 30.2 Å². The Morgan fingerprint density at radius 2 is 2.14 bits per heavy atom. The number of rotatable bonds is 6. The second kappa shape index (κ2) is 6.19. The molecule has 0 aliphatic heterocycles. The average molecular weight is 301 g/mol. The van der Waals surface area contributed by atoms with E-state index < -0.39 is 12.7 Å². The molecule has 0 fully saturated rings. The molecule has 0 aliphatic carbocycles. The zero-order valence-corrected chi connectivity index (χ0v) is 11.9. The van der Waals surface area contributed by atoms with Crippen molar-refractivity contribution in [2.24, 2.45) is 0 Å². The van der Waals surface area contributed by atoms with Crippen molar-refractivity contribution in [2.45, 2.75) is 45.6 Å². The summed E-state index contributed by atoms with van der Waals surface area (Å²) >= 11 is 0. The summed E-state index contributed by atoms with van der Waals surface area (Å²) in [6, 6.07) is 2.15. The van der Waals surface area contributed by atoms with E-state index in [9.17, 15) is 13.2 Å². The monoisotopic (exact) mass is 301 g/mol. The number of nitrogens with zero attached hydrogens (tertiary/aromatic N) is 4. The molecule has 116 valence electrons. The van der Waals surface area contributed by atoms with Crippen molar-refractivity contribution >= 4 is 5.82 Å². The number of alkyl halides is 3. The van der Waals surface area contributed by atoms with Crippen LogP contribution in [0.1, 0.15) is 31.9 Å². The average Bonchev–Trinajstić information content (AvgIpc) is 3.02. The Labute approximate surface area is 120 Å². The summed E-state index contributed by atoms with van der Waals surface area (Å²) in [5.41, 5.74) is 0.678. The molecule has 0 amide bonds.